The normalized spacial score (nSPS) is 12.3. The van der Waals surface area contributed by atoms with Crippen LogP contribution in [0.15, 0.2) is 91.0 Å². The van der Waals surface area contributed by atoms with Crippen molar-refractivity contribution in [2.24, 2.45) is 5.92 Å². The summed E-state index contributed by atoms with van der Waals surface area (Å²) in [7, 11) is -2.00. The fraction of sp³-hybridized carbons (Fsp3) is 0.280. The van der Waals surface area contributed by atoms with Crippen LogP contribution in [0.5, 0.6) is 0 Å². The molecule has 26 heavy (non-hydrogen) atoms. The van der Waals surface area contributed by atoms with Gasteiger partial charge in [-0.05, 0) is 0 Å². The Labute approximate surface area is 159 Å². The summed E-state index contributed by atoms with van der Waals surface area (Å²) >= 11 is 0. The summed E-state index contributed by atoms with van der Waals surface area (Å²) < 4.78 is 0. The molecular formula is C25H31P. The molecule has 0 unspecified atom stereocenters. The first kappa shape index (κ1) is 18.9. The van der Waals surface area contributed by atoms with E-state index in [4.69, 9.17) is 0 Å². The zero-order valence-corrected chi connectivity index (χ0v) is 17.1. The van der Waals surface area contributed by atoms with Gasteiger partial charge in [0.2, 0.25) is 0 Å². The van der Waals surface area contributed by atoms with Gasteiger partial charge in [0.1, 0.15) is 0 Å². The van der Waals surface area contributed by atoms with Crippen molar-refractivity contribution in [1.29, 1.82) is 0 Å². The topological polar surface area (TPSA) is 0 Å². The fourth-order valence-corrected chi connectivity index (χ4v) is 8.97. The van der Waals surface area contributed by atoms with Gasteiger partial charge in [-0.1, -0.05) is 0 Å². The minimum absolute atomic E-state index is 0.788. The van der Waals surface area contributed by atoms with Crippen LogP contribution in [-0.2, 0) is 0 Å². The van der Waals surface area contributed by atoms with Gasteiger partial charge >= 0.3 is 159 Å². The van der Waals surface area contributed by atoms with Crippen molar-refractivity contribution in [2.45, 2.75) is 33.1 Å². The Kier molecular flexibility index (Phi) is 6.64. The number of unbranched alkanes of at least 4 members (excludes halogenated alkanes) is 1. The molecule has 0 nitrogen and oxygen atoms in total. The third-order valence-electron chi connectivity index (χ3n) is 5.38. The molecule has 0 aromatic heterocycles. The van der Waals surface area contributed by atoms with E-state index < -0.39 is 7.26 Å². The second-order valence-corrected chi connectivity index (χ2v) is 11.7. The Hall–Kier alpha value is -1.91. The van der Waals surface area contributed by atoms with Crippen molar-refractivity contribution in [2.75, 3.05) is 6.16 Å². The Morgan fingerprint density at radius 2 is 0.962 bits per heavy atom. The molecule has 0 heterocycles. The fourth-order valence-electron chi connectivity index (χ4n) is 4.04. The van der Waals surface area contributed by atoms with Crippen LogP contribution in [0.2, 0.25) is 0 Å². The third kappa shape index (κ3) is 4.25. The number of benzene rings is 3. The van der Waals surface area contributed by atoms with E-state index in [-0.39, 0.29) is 0 Å². The standard InChI is InChI=1S/C25H31P/c1-22(2)14-12-13-21-26(23-15-6-3-7-16-23,24-17-8-4-9-18-24)25-19-10-5-11-20-25/h3-11,15-20,22,26H,12-14,21H2,1-2H3. The molecule has 3 aromatic rings. The van der Waals surface area contributed by atoms with E-state index in [9.17, 15) is 0 Å². The molecule has 0 atom stereocenters. The van der Waals surface area contributed by atoms with Crippen LogP contribution >= 0.6 is 7.26 Å². The van der Waals surface area contributed by atoms with Crippen LogP contribution in [-0.4, -0.2) is 6.16 Å². The van der Waals surface area contributed by atoms with Crippen LogP contribution in [0, 0.1) is 5.92 Å². The van der Waals surface area contributed by atoms with E-state index in [1.54, 1.807) is 0 Å². The van der Waals surface area contributed by atoms with E-state index in [0.29, 0.717) is 0 Å². The summed E-state index contributed by atoms with van der Waals surface area (Å²) in [6, 6.07) is 33.8. The maximum absolute atomic E-state index is 2.36. The van der Waals surface area contributed by atoms with Gasteiger partial charge in [-0.25, -0.2) is 0 Å². The van der Waals surface area contributed by atoms with Crippen LogP contribution in [0.1, 0.15) is 33.1 Å². The van der Waals surface area contributed by atoms with E-state index in [1.807, 2.05) is 0 Å². The first-order valence-electron chi connectivity index (χ1n) is 9.90. The first-order valence-corrected chi connectivity index (χ1v) is 12.1. The van der Waals surface area contributed by atoms with Gasteiger partial charge in [0.05, 0.1) is 0 Å². The number of hydrogen-bond donors (Lipinski definition) is 0. The SMILES string of the molecule is CC(C)CCCC[PH](c1ccccc1)(c1ccccc1)c1ccccc1. The Bertz CT molecular complexity index is 666. The molecule has 1 heteroatoms. The van der Waals surface area contributed by atoms with Crippen LogP contribution < -0.4 is 15.9 Å². The van der Waals surface area contributed by atoms with Crippen molar-refractivity contribution in [3.05, 3.63) is 91.0 Å². The summed E-state index contributed by atoms with van der Waals surface area (Å²) in [5.74, 6) is 0.788. The molecule has 0 aliphatic carbocycles. The van der Waals surface area contributed by atoms with Crippen LogP contribution in [0.4, 0.5) is 0 Å². The summed E-state index contributed by atoms with van der Waals surface area (Å²) in [5, 5.41) is 4.59. The molecule has 0 spiro atoms. The van der Waals surface area contributed by atoms with E-state index in [0.717, 1.165) is 5.92 Å². The second kappa shape index (κ2) is 9.15. The molecule has 0 saturated heterocycles. The molecule has 0 bridgehead atoms. The summed E-state index contributed by atoms with van der Waals surface area (Å²) in [6.45, 7) is 4.66. The zero-order valence-electron chi connectivity index (χ0n) is 16.1. The van der Waals surface area contributed by atoms with Gasteiger partial charge in [0.15, 0.2) is 0 Å². The second-order valence-electron chi connectivity index (χ2n) is 7.64. The van der Waals surface area contributed by atoms with E-state index in [2.05, 4.69) is 105 Å². The molecular weight excluding hydrogens is 331 g/mol. The van der Waals surface area contributed by atoms with Gasteiger partial charge in [0, 0.05) is 0 Å². The van der Waals surface area contributed by atoms with E-state index >= 15 is 0 Å². The molecule has 0 N–H and O–H groups in total. The van der Waals surface area contributed by atoms with Gasteiger partial charge in [-0.2, -0.15) is 0 Å². The summed E-state index contributed by atoms with van der Waals surface area (Å²) in [6.07, 6.45) is 5.21. The quantitative estimate of drug-likeness (QED) is 0.365. The molecule has 0 aliphatic heterocycles. The molecule has 0 amide bonds. The van der Waals surface area contributed by atoms with Gasteiger partial charge in [-0.3, -0.25) is 0 Å². The van der Waals surface area contributed by atoms with Crippen molar-refractivity contribution in [1.82, 2.24) is 0 Å². The van der Waals surface area contributed by atoms with Gasteiger partial charge in [-0.15, -0.1) is 0 Å². The van der Waals surface area contributed by atoms with Gasteiger partial charge in [0.25, 0.3) is 0 Å². The maximum atomic E-state index is 2.36. The monoisotopic (exact) mass is 362 g/mol. The molecule has 0 aliphatic rings. The molecule has 0 radical (unpaired) electrons. The number of rotatable bonds is 8. The predicted molar refractivity (Wildman–Crippen MR) is 120 cm³/mol. The molecule has 136 valence electrons. The van der Waals surface area contributed by atoms with Crippen molar-refractivity contribution in [3.63, 3.8) is 0 Å². The molecule has 0 fully saturated rings. The van der Waals surface area contributed by atoms with Crippen LogP contribution in [0.25, 0.3) is 0 Å². The molecule has 3 aromatic carbocycles. The molecule has 3 rings (SSSR count). The average Bonchev–Trinajstić information content (AvgIpc) is 2.70. The van der Waals surface area contributed by atoms with Crippen molar-refractivity contribution < 1.29 is 0 Å². The first-order chi connectivity index (χ1) is 12.7. The third-order valence-corrected chi connectivity index (χ3v) is 10.4. The Morgan fingerprint density at radius 3 is 1.31 bits per heavy atom. The van der Waals surface area contributed by atoms with E-state index in [1.165, 1.54) is 41.3 Å². The van der Waals surface area contributed by atoms with Crippen LogP contribution in [0.3, 0.4) is 0 Å². The average molecular weight is 362 g/mol. The van der Waals surface area contributed by atoms with Crippen molar-refractivity contribution in [3.8, 4) is 0 Å². The summed E-state index contributed by atoms with van der Waals surface area (Å²) in [5.41, 5.74) is 0. The molecule has 0 saturated carbocycles. The van der Waals surface area contributed by atoms with Crippen molar-refractivity contribution >= 4 is 23.2 Å². The zero-order chi connectivity index (χ0) is 18.2. The Balaban J connectivity index is 2.09. The summed E-state index contributed by atoms with van der Waals surface area (Å²) in [4.78, 5) is 0. The number of hydrogen-bond acceptors (Lipinski definition) is 0. The Morgan fingerprint density at radius 1 is 0.577 bits per heavy atom. The van der Waals surface area contributed by atoms with Gasteiger partial charge < -0.3 is 0 Å². The predicted octanol–water partition coefficient (Wildman–Crippen LogP) is 5.54. The minimum atomic E-state index is -2.00.